The van der Waals surface area contributed by atoms with Crippen molar-refractivity contribution in [2.45, 2.75) is 19.8 Å². The SMILES string of the molecule is CC1CC1CN(C)CC(=O)Cc1ccccc1F. The van der Waals surface area contributed by atoms with Crippen LogP contribution >= 0.6 is 0 Å². The minimum atomic E-state index is -0.288. The first-order valence-corrected chi connectivity index (χ1v) is 6.50. The molecule has 1 fully saturated rings. The normalized spacial score (nSPS) is 22.2. The van der Waals surface area contributed by atoms with Crippen LogP contribution in [0.25, 0.3) is 0 Å². The molecule has 2 rings (SSSR count). The Morgan fingerprint density at radius 2 is 2.11 bits per heavy atom. The summed E-state index contributed by atoms with van der Waals surface area (Å²) in [6.45, 7) is 3.63. The lowest BCUT2D eigenvalue weighted by Gasteiger charge is -2.15. The second kappa shape index (κ2) is 5.61. The Kier molecular flexibility index (Phi) is 4.12. The fourth-order valence-corrected chi connectivity index (χ4v) is 2.33. The van der Waals surface area contributed by atoms with Crippen LogP contribution in [0.3, 0.4) is 0 Å². The first-order valence-electron chi connectivity index (χ1n) is 6.50. The predicted octanol–water partition coefficient (Wildman–Crippen LogP) is 2.53. The maximum atomic E-state index is 13.4. The second-order valence-corrected chi connectivity index (χ2v) is 5.48. The van der Waals surface area contributed by atoms with Crippen LogP contribution in [0.2, 0.25) is 0 Å². The molecule has 0 heterocycles. The summed E-state index contributed by atoms with van der Waals surface area (Å²) in [5.41, 5.74) is 0.496. The van der Waals surface area contributed by atoms with E-state index in [1.54, 1.807) is 18.2 Å². The van der Waals surface area contributed by atoms with E-state index in [1.165, 1.54) is 12.5 Å². The third-order valence-corrected chi connectivity index (χ3v) is 3.61. The van der Waals surface area contributed by atoms with Gasteiger partial charge in [0.25, 0.3) is 0 Å². The van der Waals surface area contributed by atoms with E-state index in [4.69, 9.17) is 0 Å². The quantitative estimate of drug-likeness (QED) is 0.772. The van der Waals surface area contributed by atoms with Crippen LogP contribution in [0.4, 0.5) is 4.39 Å². The smallest absolute Gasteiger partial charge is 0.151 e. The molecule has 98 valence electrons. The fourth-order valence-electron chi connectivity index (χ4n) is 2.33. The van der Waals surface area contributed by atoms with Gasteiger partial charge in [-0.15, -0.1) is 0 Å². The van der Waals surface area contributed by atoms with Gasteiger partial charge in [-0.3, -0.25) is 9.69 Å². The summed E-state index contributed by atoms with van der Waals surface area (Å²) in [5.74, 6) is 1.34. The summed E-state index contributed by atoms with van der Waals surface area (Å²) in [5, 5.41) is 0. The summed E-state index contributed by atoms with van der Waals surface area (Å²) in [7, 11) is 1.96. The Labute approximate surface area is 108 Å². The lowest BCUT2D eigenvalue weighted by Crippen LogP contribution is -2.29. The molecule has 2 nitrogen and oxygen atoms in total. The van der Waals surface area contributed by atoms with Crippen LogP contribution in [0.15, 0.2) is 24.3 Å². The van der Waals surface area contributed by atoms with Gasteiger partial charge in [-0.2, -0.15) is 0 Å². The summed E-state index contributed by atoms with van der Waals surface area (Å²) in [6, 6.07) is 6.49. The molecule has 0 aliphatic heterocycles. The Balaban J connectivity index is 1.79. The predicted molar refractivity (Wildman–Crippen MR) is 69.9 cm³/mol. The number of hydrogen-bond donors (Lipinski definition) is 0. The first kappa shape index (κ1) is 13.2. The van der Waals surface area contributed by atoms with Crippen molar-refractivity contribution in [3.8, 4) is 0 Å². The summed E-state index contributed by atoms with van der Waals surface area (Å²) < 4.78 is 13.4. The van der Waals surface area contributed by atoms with Gasteiger partial charge in [-0.1, -0.05) is 25.1 Å². The Morgan fingerprint density at radius 1 is 1.44 bits per heavy atom. The first-order chi connectivity index (χ1) is 8.56. The molecule has 0 saturated heterocycles. The maximum absolute atomic E-state index is 13.4. The molecule has 0 spiro atoms. The number of benzene rings is 1. The van der Waals surface area contributed by atoms with E-state index >= 15 is 0 Å². The molecule has 1 saturated carbocycles. The summed E-state index contributed by atoms with van der Waals surface area (Å²) >= 11 is 0. The van der Waals surface area contributed by atoms with E-state index in [9.17, 15) is 9.18 Å². The van der Waals surface area contributed by atoms with Gasteiger partial charge in [-0.05, 0) is 36.9 Å². The highest BCUT2D eigenvalue weighted by Crippen LogP contribution is 2.37. The summed E-state index contributed by atoms with van der Waals surface area (Å²) in [6.07, 6.45) is 1.46. The Bertz CT molecular complexity index is 432. The lowest BCUT2D eigenvalue weighted by molar-refractivity contribution is -0.119. The fraction of sp³-hybridized carbons (Fsp3) is 0.533. The van der Waals surface area contributed by atoms with Crippen LogP contribution in [-0.4, -0.2) is 30.8 Å². The van der Waals surface area contributed by atoms with E-state index in [1.807, 2.05) is 7.05 Å². The van der Waals surface area contributed by atoms with Crippen LogP contribution in [0, 0.1) is 17.7 Å². The van der Waals surface area contributed by atoms with Gasteiger partial charge in [-0.25, -0.2) is 4.39 Å². The van der Waals surface area contributed by atoms with Crippen molar-refractivity contribution in [2.75, 3.05) is 20.1 Å². The van der Waals surface area contributed by atoms with E-state index in [0.717, 1.165) is 18.4 Å². The number of carbonyl (C=O) groups excluding carboxylic acids is 1. The average molecular weight is 249 g/mol. The van der Waals surface area contributed by atoms with Gasteiger partial charge in [0, 0.05) is 13.0 Å². The van der Waals surface area contributed by atoms with E-state index < -0.39 is 0 Å². The van der Waals surface area contributed by atoms with Gasteiger partial charge < -0.3 is 0 Å². The molecule has 1 aliphatic carbocycles. The van der Waals surface area contributed by atoms with Crippen molar-refractivity contribution in [1.29, 1.82) is 0 Å². The van der Waals surface area contributed by atoms with E-state index in [0.29, 0.717) is 12.1 Å². The molecule has 1 aromatic rings. The molecule has 0 bridgehead atoms. The van der Waals surface area contributed by atoms with Gasteiger partial charge >= 0.3 is 0 Å². The number of nitrogens with zero attached hydrogens (tertiary/aromatic N) is 1. The zero-order valence-electron chi connectivity index (χ0n) is 11.0. The van der Waals surface area contributed by atoms with Crippen molar-refractivity contribution >= 4 is 5.78 Å². The number of halogens is 1. The van der Waals surface area contributed by atoms with Crippen LogP contribution < -0.4 is 0 Å². The number of hydrogen-bond acceptors (Lipinski definition) is 2. The monoisotopic (exact) mass is 249 g/mol. The van der Waals surface area contributed by atoms with Crippen molar-refractivity contribution in [3.63, 3.8) is 0 Å². The zero-order chi connectivity index (χ0) is 13.1. The Hall–Kier alpha value is -1.22. The third kappa shape index (κ3) is 3.64. The topological polar surface area (TPSA) is 20.3 Å². The second-order valence-electron chi connectivity index (χ2n) is 5.48. The van der Waals surface area contributed by atoms with E-state index in [2.05, 4.69) is 11.8 Å². The highest BCUT2D eigenvalue weighted by molar-refractivity contribution is 5.82. The zero-order valence-corrected chi connectivity index (χ0v) is 11.0. The minimum Gasteiger partial charge on any atom is -0.299 e. The molecule has 2 unspecified atom stereocenters. The molecule has 0 N–H and O–H groups in total. The van der Waals surface area contributed by atoms with E-state index in [-0.39, 0.29) is 18.0 Å². The molecule has 1 aliphatic rings. The maximum Gasteiger partial charge on any atom is 0.151 e. The Morgan fingerprint density at radius 3 is 2.72 bits per heavy atom. The molecule has 0 aromatic heterocycles. The number of rotatable bonds is 6. The van der Waals surface area contributed by atoms with Crippen LogP contribution in [0.1, 0.15) is 18.9 Å². The van der Waals surface area contributed by atoms with Crippen molar-refractivity contribution in [2.24, 2.45) is 11.8 Å². The van der Waals surface area contributed by atoms with Crippen molar-refractivity contribution < 1.29 is 9.18 Å². The van der Waals surface area contributed by atoms with Gasteiger partial charge in [0.2, 0.25) is 0 Å². The van der Waals surface area contributed by atoms with Crippen LogP contribution in [0.5, 0.6) is 0 Å². The van der Waals surface area contributed by atoms with Crippen LogP contribution in [-0.2, 0) is 11.2 Å². The van der Waals surface area contributed by atoms with Gasteiger partial charge in [0.05, 0.1) is 6.54 Å². The highest BCUT2D eigenvalue weighted by Gasteiger charge is 2.33. The number of likely N-dealkylation sites (N-methyl/N-ethyl adjacent to an activating group) is 1. The van der Waals surface area contributed by atoms with Crippen molar-refractivity contribution in [1.82, 2.24) is 4.90 Å². The molecule has 0 amide bonds. The molecular weight excluding hydrogens is 229 g/mol. The molecule has 18 heavy (non-hydrogen) atoms. The number of ketones is 1. The number of carbonyl (C=O) groups is 1. The van der Waals surface area contributed by atoms with Gasteiger partial charge in [0.15, 0.2) is 5.78 Å². The standard InChI is InChI=1S/C15H20FNO/c1-11-7-13(11)9-17(2)10-14(18)8-12-5-3-4-6-15(12)16/h3-6,11,13H,7-10H2,1-2H3. The van der Waals surface area contributed by atoms with Crippen molar-refractivity contribution in [3.05, 3.63) is 35.6 Å². The lowest BCUT2D eigenvalue weighted by atomic mass is 10.1. The summed E-state index contributed by atoms with van der Waals surface area (Å²) in [4.78, 5) is 13.9. The largest absolute Gasteiger partial charge is 0.299 e. The average Bonchev–Trinajstić information content (AvgIpc) is 2.97. The molecule has 2 atom stereocenters. The van der Waals surface area contributed by atoms with Gasteiger partial charge in [0.1, 0.15) is 5.82 Å². The third-order valence-electron chi connectivity index (χ3n) is 3.61. The molecular formula is C15H20FNO. The molecule has 1 aromatic carbocycles. The highest BCUT2D eigenvalue weighted by atomic mass is 19.1. The number of Topliss-reactive ketones (excluding diaryl/α,β-unsaturated/α-hetero) is 1. The molecule has 3 heteroatoms. The molecule has 0 radical (unpaired) electrons. The minimum absolute atomic E-state index is 0.0795.